The summed E-state index contributed by atoms with van der Waals surface area (Å²) in [4.78, 5) is 15.7. The summed E-state index contributed by atoms with van der Waals surface area (Å²) in [6.45, 7) is 10.4. The van der Waals surface area contributed by atoms with Gasteiger partial charge in [0, 0.05) is 54.2 Å². The van der Waals surface area contributed by atoms with Crippen LogP contribution in [0, 0.1) is 11.6 Å². The van der Waals surface area contributed by atoms with E-state index in [-0.39, 0.29) is 49.4 Å². The lowest BCUT2D eigenvalue weighted by atomic mass is 10.00. The number of methoxy groups -OCH3 is 2. The van der Waals surface area contributed by atoms with Crippen molar-refractivity contribution in [1.29, 1.82) is 0 Å². The van der Waals surface area contributed by atoms with E-state index in [0.29, 0.717) is 33.4 Å². The first-order valence-corrected chi connectivity index (χ1v) is 14.0. The van der Waals surface area contributed by atoms with Crippen LogP contribution in [0.4, 0.5) is 8.78 Å². The minimum atomic E-state index is -0.537. The Morgan fingerprint density at radius 3 is 2.36 bits per heavy atom. The van der Waals surface area contributed by atoms with Crippen molar-refractivity contribution in [3.8, 4) is 16.9 Å². The number of carbonyl (C=O) groups is 1. The minimum absolute atomic E-state index is 0. The number of hydrogen-bond donors (Lipinski definition) is 2. The van der Waals surface area contributed by atoms with Gasteiger partial charge >= 0.3 is 5.97 Å². The maximum absolute atomic E-state index is 15.2. The average molecular weight is 605 g/mol. The lowest BCUT2D eigenvalue weighted by Crippen LogP contribution is -2.07. The molecule has 10 heteroatoms. The third kappa shape index (κ3) is 10.1. The van der Waals surface area contributed by atoms with Crippen LogP contribution in [0.15, 0.2) is 53.1 Å². The van der Waals surface area contributed by atoms with E-state index in [4.69, 9.17) is 24.4 Å². The van der Waals surface area contributed by atoms with Crippen LogP contribution in [-0.4, -0.2) is 29.9 Å². The van der Waals surface area contributed by atoms with Crippen molar-refractivity contribution in [3.05, 3.63) is 82.9 Å². The van der Waals surface area contributed by atoms with Gasteiger partial charge in [-0.1, -0.05) is 40.7 Å². The number of halogens is 2. The summed E-state index contributed by atoms with van der Waals surface area (Å²) in [7, 11) is 2.83. The average Bonchev–Trinajstić information content (AvgIpc) is 3.35. The summed E-state index contributed by atoms with van der Waals surface area (Å²) in [5.74, 6) is -0.731. The fourth-order valence-electron chi connectivity index (χ4n) is 3.80. The maximum Gasteiger partial charge on any atom is 0.310 e. The molecule has 0 aliphatic rings. The monoisotopic (exact) mass is 604 g/mol. The molecule has 0 spiro atoms. The van der Waals surface area contributed by atoms with Gasteiger partial charge in [0.15, 0.2) is 5.82 Å². The number of pyridine rings is 1. The van der Waals surface area contributed by atoms with Gasteiger partial charge in [0.25, 0.3) is 0 Å². The van der Waals surface area contributed by atoms with Gasteiger partial charge in [0.1, 0.15) is 36.1 Å². The third-order valence-electron chi connectivity index (χ3n) is 5.44. The van der Waals surface area contributed by atoms with Crippen molar-refractivity contribution in [1.82, 2.24) is 4.98 Å². The first-order valence-electron chi connectivity index (χ1n) is 13.5. The summed E-state index contributed by atoms with van der Waals surface area (Å²) < 4.78 is 51.0. The molecule has 0 radical (unpaired) electrons. The molecule has 230 valence electrons. The Balaban J connectivity index is 0.00000105. The van der Waals surface area contributed by atoms with Crippen molar-refractivity contribution < 1.29 is 33.6 Å². The molecule has 0 aliphatic heterocycles. The molecule has 2 aromatic heterocycles. The normalized spacial score (nSPS) is 10.8. The van der Waals surface area contributed by atoms with Crippen molar-refractivity contribution in [2.45, 2.75) is 65.5 Å². The molecule has 42 heavy (non-hydrogen) atoms. The van der Waals surface area contributed by atoms with Crippen LogP contribution in [0.2, 0.25) is 0 Å². The Morgan fingerprint density at radius 2 is 1.74 bits per heavy atom. The van der Waals surface area contributed by atoms with Crippen LogP contribution in [0.25, 0.3) is 22.1 Å². The highest BCUT2D eigenvalue weighted by Gasteiger charge is 2.18. The number of nitrogens with two attached hydrogens (primary N) is 1. The lowest BCUT2D eigenvalue weighted by Gasteiger charge is -2.13. The molecule has 2 N–H and O–H groups in total. The number of carbonyl (C=O) groups excluding carboxylic acids is 1. The predicted octanol–water partition coefficient (Wildman–Crippen LogP) is 7.66. The smallest absolute Gasteiger partial charge is 0.310 e. The number of ether oxygens (including phenoxy) is 3. The fourth-order valence-corrected chi connectivity index (χ4v) is 3.80. The lowest BCUT2D eigenvalue weighted by molar-refractivity contribution is -0.139. The van der Waals surface area contributed by atoms with Crippen molar-refractivity contribution in [3.63, 3.8) is 0 Å². The molecule has 4 rings (SSSR count). The van der Waals surface area contributed by atoms with Crippen LogP contribution < -0.4 is 10.5 Å². The maximum atomic E-state index is 15.2. The Hall–Kier alpha value is -3.47. The molecule has 4 aromatic rings. The van der Waals surface area contributed by atoms with Gasteiger partial charge in [-0.25, -0.2) is 8.78 Å². The highest BCUT2D eigenvalue weighted by atomic mass is 32.1. The zero-order valence-corrected chi connectivity index (χ0v) is 26.1. The van der Waals surface area contributed by atoms with Gasteiger partial charge in [-0.15, -0.1) is 0 Å². The second-order valence-corrected chi connectivity index (χ2v) is 11.3. The molecule has 0 fully saturated rings. The van der Waals surface area contributed by atoms with E-state index < -0.39 is 17.6 Å². The van der Waals surface area contributed by atoms with Gasteiger partial charge < -0.3 is 24.4 Å². The van der Waals surface area contributed by atoms with E-state index in [1.807, 2.05) is 19.9 Å². The number of fused-ring (bicyclic) bond motifs is 1. The van der Waals surface area contributed by atoms with E-state index in [2.05, 4.69) is 38.4 Å². The second-order valence-electron chi connectivity index (χ2n) is 10.00. The van der Waals surface area contributed by atoms with Crippen molar-refractivity contribution in [2.75, 3.05) is 14.2 Å². The number of hydrogen-bond acceptors (Lipinski definition) is 8. The number of furan rings is 1. The molecule has 2 aromatic carbocycles. The largest absolute Gasteiger partial charge is 0.488 e. The highest BCUT2D eigenvalue weighted by Crippen LogP contribution is 2.35. The standard InChI is InChI=1S/C26H24F2N2O5.C4H10S.C2H6.H2/c1-32-14-19-9-17-7-15(13-34-23-11-18(27)4-3-16(23)10-24(31)33-2)8-21(26(17)35-19)20-5-6-30-22(12-29)25(20)28;1-4(2,3)5;1-2;/h3-9,11H,10,12-14,29H2,1-2H3;5H,1-3H3;1-2H3;1H. The molecular formula is C32H42F2N2O5S. The summed E-state index contributed by atoms with van der Waals surface area (Å²) >= 11 is 4.12. The van der Waals surface area contributed by atoms with E-state index >= 15 is 4.39 Å². The summed E-state index contributed by atoms with van der Waals surface area (Å²) in [6, 6.07) is 10.9. The summed E-state index contributed by atoms with van der Waals surface area (Å²) in [5.41, 5.74) is 8.19. The van der Waals surface area contributed by atoms with E-state index in [0.717, 1.165) is 0 Å². The first-order chi connectivity index (χ1) is 19.9. The molecule has 2 heterocycles. The van der Waals surface area contributed by atoms with Crippen LogP contribution in [0.3, 0.4) is 0 Å². The summed E-state index contributed by atoms with van der Waals surface area (Å²) in [5, 5.41) is 0.715. The van der Waals surface area contributed by atoms with E-state index in [1.165, 1.54) is 31.5 Å². The molecule has 0 unspecified atom stereocenters. The molecule has 0 saturated heterocycles. The van der Waals surface area contributed by atoms with Crippen LogP contribution in [-0.2, 0) is 40.4 Å². The van der Waals surface area contributed by atoms with Crippen LogP contribution in [0.1, 0.15) is 58.6 Å². The molecule has 0 amide bonds. The first kappa shape index (κ1) is 34.7. The van der Waals surface area contributed by atoms with Gasteiger partial charge in [-0.3, -0.25) is 9.78 Å². The predicted molar refractivity (Wildman–Crippen MR) is 167 cm³/mol. The molecule has 0 bridgehead atoms. The van der Waals surface area contributed by atoms with Gasteiger partial charge in [0.05, 0.1) is 19.2 Å². The Bertz CT molecular complexity index is 1470. The second kappa shape index (κ2) is 16.2. The summed E-state index contributed by atoms with van der Waals surface area (Å²) in [6.07, 6.45) is 1.42. The topological polar surface area (TPSA) is 96.8 Å². The number of thiol groups is 1. The van der Waals surface area contributed by atoms with E-state index in [1.54, 1.807) is 25.3 Å². The Morgan fingerprint density at radius 1 is 1.05 bits per heavy atom. The van der Waals surface area contributed by atoms with Crippen LogP contribution in [0.5, 0.6) is 5.75 Å². The third-order valence-corrected chi connectivity index (χ3v) is 5.44. The zero-order valence-electron chi connectivity index (χ0n) is 25.2. The molecular weight excluding hydrogens is 562 g/mol. The Labute approximate surface area is 253 Å². The fraction of sp³-hybridized carbons (Fsp3) is 0.375. The number of nitrogens with zero attached hydrogens (tertiary/aromatic N) is 1. The molecule has 0 aliphatic carbocycles. The highest BCUT2D eigenvalue weighted by molar-refractivity contribution is 7.81. The van der Waals surface area contributed by atoms with E-state index in [9.17, 15) is 9.18 Å². The Kier molecular flexibility index (Phi) is 13.4. The minimum Gasteiger partial charge on any atom is -0.488 e. The number of aromatic nitrogens is 1. The zero-order chi connectivity index (χ0) is 31.4. The van der Waals surface area contributed by atoms with Crippen molar-refractivity contribution in [2.24, 2.45) is 5.73 Å². The van der Waals surface area contributed by atoms with Gasteiger partial charge in [-0.2, -0.15) is 12.6 Å². The van der Waals surface area contributed by atoms with Gasteiger partial charge in [0.2, 0.25) is 0 Å². The number of esters is 1. The molecule has 0 atom stereocenters. The number of benzene rings is 2. The quantitative estimate of drug-likeness (QED) is 0.150. The SMILES string of the molecule is CC.CC(C)(C)S.COCc1cc2cc(COc3cc(F)ccc3CC(=O)OC)cc(-c3ccnc(CN)c3F)c2o1.[HH]. The molecule has 7 nitrogen and oxygen atoms in total. The van der Waals surface area contributed by atoms with Gasteiger partial charge in [-0.05, 0) is 35.9 Å². The number of rotatable bonds is 9. The molecule has 0 saturated carbocycles. The van der Waals surface area contributed by atoms with Crippen molar-refractivity contribution >= 4 is 29.6 Å². The van der Waals surface area contributed by atoms with Crippen LogP contribution >= 0.6 is 12.6 Å².